The zero-order valence-corrected chi connectivity index (χ0v) is 19.0. The fourth-order valence-corrected chi connectivity index (χ4v) is 4.41. The SMILES string of the molecule is COC(=O)c1ccc(C2C(=C(O)c3c(C)nc4ccccn34)C(=O)C(=O)N2Cc2ccco2)cc1. The standard InChI is InChI=1S/C26H21N3O6/c1-15-21(28-12-4-3-7-19(28)27-15)23(30)20-22(16-8-10-17(11-9-16)26(33)34-2)29(25(32)24(20)31)14-18-6-5-13-35-18/h3-13,22,30H,14H2,1-2H3. The summed E-state index contributed by atoms with van der Waals surface area (Å²) >= 11 is 0. The number of hydrogen-bond donors (Lipinski definition) is 1. The van der Waals surface area contributed by atoms with Crippen molar-refractivity contribution in [2.24, 2.45) is 0 Å². The van der Waals surface area contributed by atoms with Crippen LogP contribution >= 0.6 is 0 Å². The Morgan fingerprint density at radius 2 is 1.89 bits per heavy atom. The van der Waals surface area contributed by atoms with Gasteiger partial charge in [-0.25, -0.2) is 9.78 Å². The van der Waals surface area contributed by atoms with Gasteiger partial charge < -0.3 is 19.2 Å². The van der Waals surface area contributed by atoms with E-state index in [1.807, 2.05) is 6.07 Å². The molecule has 5 rings (SSSR count). The number of benzene rings is 1. The summed E-state index contributed by atoms with van der Waals surface area (Å²) in [6.07, 6.45) is 3.21. The average Bonchev–Trinajstić information content (AvgIpc) is 3.56. The normalized spacial score (nSPS) is 17.3. The summed E-state index contributed by atoms with van der Waals surface area (Å²) in [6.45, 7) is 1.74. The second-order valence-corrected chi connectivity index (χ2v) is 8.09. The van der Waals surface area contributed by atoms with Crippen LogP contribution in [0.3, 0.4) is 0 Å². The van der Waals surface area contributed by atoms with Crippen LogP contribution in [0, 0.1) is 6.92 Å². The van der Waals surface area contributed by atoms with Crippen LogP contribution in [0.25, 0.3) is 11.4 Å². The van der Waals surface area contributed by atoms with Crippen LogP contribution in [-0.2, 0) is 20.9 Å². The summed E-state index contributed by atoms with van der Waals surface area (Å²) < 4.78 is 11.8. The number of carbonyl (C=O) groups excluding carboxylic acids is 3. The van der Waals surface area contributed by atoms with E-state index in [-0.39, 0.29) is 17.9 Å². The Hall–Kier alpha value is -4.66. The van der Waals surface area contributed by atoms with Gasteiger partial charge in [-0.3, -0.25) is 14.0 Å². The lowest BCUT2D eigenvalue weighted by atomic mass is 9.95. The maximum absolute atomic E-state index is 13.3. The first-order chi connectivity index (χ1) is 16.9. The molecule has 0 aliphatic carbocycles. The zero-order chi connectivity index (χ0) is 24.7. The highest BCUT2D eigenvalue weighted by atomic mass is 16.5. The van der Waals surface area contributed by atoms with Crippen molar-refractivity contribution < 1.29 is 28.6 Å². The summed E-state index contributed by atoms with van der Waals surface area (Å²) in [6, 6.07) is 14.2. The molecule has 0 radical (unpaired) electrons. The molecule has 1 N–H and O–H groups in total. The largest absolute Gasteiger partial charge is 0.505 e. The number of hydrogen-bond acceptors (Lipinski definition) is 7. The van der Waals surface area contributed by atoms with Crippen molar-refractivity contribution in [1.82, 2.24) is 14.3 Å². The van der Waals surface area contributed by atoms with Crippen LogP contribution < -0.4 is 0 Å². The Labute approximate surface area is 199 Å². The number of imidazole rings is 1. The number of rotatable bonds is 5. The number of aromatic nitrogens is 2. The van der Waals surface area contributed by atoms with Gasteiger partial charge in [0.2, 0.25) is 0 Å². The third kappa shape index (κ3) is 3.67. The number of ketones is 1. The van der Waals surface area contributed by atoms with Crippen molar-refractivity contribution in [3.63, 3.8) is 0 Å². The van der Waals surface area contributed by atoms with Gasteiger partial charge in [-0.2, -0.15) is 0 Å². The lowest BCUT2D eigenvalue weighted by Gasteiger charge is -2.24. The van der Waals surface area contributed by atoms with Gasteiger partial charge in [0, 0.05) is 6.20 Å². The van der Waals surface area contributed by atoms with Crippen LogP contribution in [-0.4, -0.2) is 44.2 Å². The van der Waals surface area contributed by atoms with Gasteiger partial charge in [0.05, 0.1) is 42.8 Å². The summed E-state index contributed by atoms with van der Waals surface area (Å²) in [7, 11) is 1.28. The van der Waals surface area contributed by atoms with Crippen molar-refractivity contribution in [2.45, 2.75) is 19.5 Å². The maximum atomic E-state index is 13.3. The average molecular weight is 471 g/mol. The number of likely N-dealkylation sites (tertiary alicyclic amines) is 1. The number of aryl methyl sites for hydroxylation is 1. The highest BCUT2D eigenvalue weighted by molar-refractivity contribution is 6.46. The molecular formula is C26H21N3O6. The molecule has 1 saturated heterocycles. The van der Waals surface area contributed by atoms with E-state index < -0.39 is 23.7 Å². The molecule has 0 spiro atoms. The maximum Gasteiger partial charge on any atom is 0.337 e. The number of esters is 1. The highest BCUT2D eigenvalue weighted by Gasteiger charge is 2.47. The van der Waals surface area contributed by atoms with Crippen LogP contribution in [0.5, 0.6) is 0 Å². The first-order valence-electron chi connectivity index (χ1n) is 10.8. The second kappa shape index (κ2) is 8.60. The molecule has 1 unspecified atom stereocenters. The van der Waals surface area contributed by atoms with E-state index in [2.05, 4.69) is 4.98 Å². The van der Waals surface area contributed by atoms with Gasteiger partial charge in [0.15, 0.2) is 5.76 Å². The molecule has 4 aromatic rings. The molecule has 3 aromatic heterocycles. The molecular weight excluding hydrogens is 450 g/mol. The summed E-state index contributed by atoms with van der Waals surface area (Å²) in [5.74, 6) is -1.95. The molecule has 0 bridgehead atoms. The molecule has 9 nitrogen and oxygen atoms in total. The molecule has 4 heterocycles. The van der Waals surface area contributed by atoms with E-state index in [1.165, 1.54) is 18.3 Å². The number of ether oxygens (including phenoxy) is 1. The first kappa shape index (κ1) is 22.1. The van der Waals surface area contributed by atoms with E-state index in [1.54, 1.807) is 66.1 Å². The van der Waals surface area contributed by atoms with Crippen LogP contribution in [0.2, 0.25) is 0 Å². The molecule has 1 aromatic carbocycles. The van der Waals surface area contributed by atoms with Gasteiger partial charge in [0.1, 0.15) is 17.1 Å². The fourth-order valence-electron chi connectivity index (χ4n) is 4.41. The molecule has 1 aliphatic heterocycles. The van der Waals surface area contributed by atoms with Crippen LogP contribution in [0.1, 0.15) is 39.1 Å². The molecule has 0 saturated carbocycles. The summed E-state index contributed by atoms with van der Waals surface area (Å²) in [5, 5.41) is 11.5. The number of furan rings is 1. The molecule has 1 atom stereocenters. The molecule has 1 amide bonds. The van der Waals surface area contributed by atoms with Crippen molar-refractivity contribution in [1.29, 1.82) is 0 Å². The van der Waals surface area contributed by atoms with E-state index in [9.17, 15) is 19.5 Å². The predicted molar refractivity (Wildman–Crippen MR) is 124 cm³/mol. The fraction of sp³-hybridized carbons (Fsp3) is 0.154. The van der Waals surface area contributed by atoms with E-state index >= 15 is 0 Å². The number of amides is 1. The third-order valence-corrected chi connectivity index (χ3v) is 6.02. The lowest BCUT2D eigenvalue weighted by molar-refractivity contribution is -0.140. The number of methoxy groups -OCH3 is 1. The van der Waals surface area contributed by atoms with E-state index in [4.69, 9.17) is 9.15 Å². The van der Waals surface area contributed by atoms with Crippen molar-refractivity contribution >= 4 is 29.1 Å². The third-order valence-electron chi connectivity index (χ3n) is 6.02. The van der Waals surface area contributed by atoms with Gasteiger partial charge in [0.25, 0.3) is 11.7 Å². The zero-order valence-electron chi connectivity index (χ0n) is 19.0. The van der Waals surface area contributed by atoms with Crippen LogP contribution in [0.4, 0.5) is 0 Å². The van der Waals surface area contributed by atoms with Gasteiger partial charge in [-0.15, -0.1) is 0 Å². The quantitative estimate of drug-likeness (QED) is 0.205. The lowest BCUT2D eigenvalue weighted by Crippen LogP contribution is -2.29. The van der Waals surface area contributed by atoms with Gasteiger partial charge in [-0.05, 0) is 48.9 Å². The minimum atomic E-state index is -0.916. The molecule has 9 heteroatoms. The second-order valence-electron chi connectivity index (χ2n) is 8.09. The Kier molecular flexibility index (Phi) is 5.44. The number of aliphatic hydroxyl groups is 1. The summed E-state index contributed by atoms with van der Waals surface area (Å²) in [4.78, 5) is 44.2. The predicted octanol–water partition coefficient (Wildman–Crippen LogP) is 3.64. The van der Waals surface area contributed by atoms with E-state index in [0.717, 1.165) is 0 Å². The number of fused-ring (bicyclic) bond motifs is 1. The Morgan fingerprint density at radius 1 is 1.11 bits per heavy atom. The van der Waals surface area contributed by atoms with Crippen molar-refractivity contribution in [2.75, 3.05) is 7.11 Å². The number of aliphatic hydroxyl groups excluding tert-OH is 1. The smallest absolute Gasteiger partial charge is 0.337 e. The topological polar surface area (TPSA) is 114 Å². The van der Waals surface area contributed by atoms with Gasteiger partial charge in [-0.1, -0.05) is 18.2 Å². The number of Topliss-reactive ketones (excluding diaryl/α,β-unsaturated/α-hetero) is 1. The Balaban J connectivity index is 1.69. The van der Waals surface area contributed by atoms with E-state index in [0.29, 0.717) is 33.9 Å². The Morgan fingerprint density at radius 3 is 2.57 bits per heavy atom. The number of pyridine rings is 1. The number of nitrogens with zero attached hydrogens (tertiary/aromatic N) is 3. The first-order valence-corrected chi connectivity index (χ1v) is 10.8. The van der Waals surface area contributed by atoms with Crippen molar-refractivity contribution in [3.05, 3.63) is 101 Å². The van der Waals surface area contributed by atoms with Crippen molar-refractivity contribution in [3.8, 4) is 0 Å². The molecule has 176 valence electrons. The molecule has 35 heavy (non-hydrogen) atoms. The minimum Gasteiger partial charge on any atom is -0.505 e. The number of carbonyl (C=O) groups is 3. The molecule has 1 aliphatic rings. The minimum absolute atomic E-state index is 0.0178. The Bertz CT molecular complexity index is 1480. The summed E-state index contributed by atoms with van der Waals surface area (Å²) in [5.41, 5.74) is 2.21. The highest BCUT2D eigenvalue weighted by Crippen LogP contribution is 2.41. The molecule has 1 fully saturated rings. The van der Waals surface area contributed by atoms with Gasteiger partial charge >= 0.3 is 5.97 Å². The monoisotopic (exact) mass is 471 g/mol. The van der Waals surface area contributed by atoms with Crippen LogP contribution in [0.15, 0.2) is 77.0 Å².